The average molecular weight is 261 g/mol. The fourth-order valence-electron chi connectivity index (χ4n) is 1.35. The highest BCUT2D eigenvalue weighted by molar-refractivity contribution is 8.01. The van der Waals surface area contributed by atoms with Crippen molar-refractivity contribution in [2.24, 2.45) is 0 Å². The molecular formula is C10H19N3OS2. The van der Waals surface area contributed by atoms with Crippen molar-refractivity contribution in [2.75, 3.05) is 18.9 Å². The van der Waals surface area contributed by atoms with Crippen molar-refractivity contribution in [2.45, 2.75) is 37.1 Å². The molecule has 0 fully saturated rings. The van der Waals surface area contributed by atoms with E-state index in [9.17, 15) is 5.11 Å². The molecule has 1 aromatic rings. The average Bonchev–Trinajstić information content (AvgIpc) is 2.65. The molecule has 92 valence electrons. The van der Waals surface area contributed by atoms with Gasteiger partial charge in [0.25, 0.3) is 0 Å². The van der Waals surface area contributed by atoms with Crippen molar-refractivity contribution in [1.29, 1.82) is 0 Å². The highest BCUT2D eigenvalue weighted by atomic mass is 32.2. The lowest BCUT2D eigenvalue weighted by Crippen LogP contribution is -2.46. The Kier molecular flexibility index (Phi) is 5.68. The molecule has 6 heteroatoms. The Bertz CT molecular complexity index is 319. The van der Waals surface area contributed by atoms with Gasteiger partial charge in [-0.25, -0.2) is 0 Å². The normalized spacial score (nSPS) is 15.0. The van der Waals surface area contributed by atoms with Crippen molar-refractivity contribution >= 4 is 23.1 Å². The Morgan fingerprint density at radius 2 is 2.25 bits per heavy atom. The summed E-state index contributed by atoms with van der Waals surface area (Å²) in [5.41, 5.74) is -0.179. The fourth-order valence-corrected chi connectivity index (χ4v) is 3.44. The van der Waals surface area contributed by atoms with Crippen LogP contribution in [-0.4, -0.2) is 39.7 Å². The van der Waals surface area contributed by atoms with Crippen LogP contribution >= 0.6 is 23.1 Å². The number of aliphatic hydroxyl groups is 1. The van der Waals surface area contributed by atoms with Gasteiger partial charge in [0.15, 0.2) is 4.34 Å². The second-order valence-electron chi connectivity index (χ2n) is 3.93. The van der Waals surface area contributed by atoms with Crippen LogP contribution < -0.4 is 5.32 Å². The zero-order valence-corrected chi connectivity index (χ0v) is 11.6. The Morgan fingerprint density at radius 3 is 2.75 bits per heavy atom. The SMILES string of the molecule is CCNC(C)(CO)CCSc1nnc(C)s1. The van der Waals surface area contributed by atoms with E-state index in [1.54, 1.807) is 23.1 Å². The third-order valence-corrected chi connectivity index (χ3v) is 4.31. The molecule has 0 saturated carbocycles. The van der Waals surface area contributed by atoms with Crippen LogP contribution in [0.5, 0.6) is 0 Å². The molecule has 4 nitrogen and oxygen atoms in total. The molecule has 0 aliphatic carbocycles. The van der Waals surface area contributed by atoms with E-state index in [0.717, 1.165) is 28.1 Å². The maximum absolute atomic E-state index is 9.32. The number of thioether (sulfide) groups is 1. The summed E-state index contributed by atoms with van der Waals surface area (Å²) in [6, 6.07) is 0. The summed E-state index contributed by atoms with van der Waals surface area (Å²) >= 11 is 3.32. The molecule has 0 aromatic carbocycles. The molecule has 0 spiro atoms. The minimum Gasteiger partial charge on any atom is -0.394 e. The van der Waals surface area contributed by atoms with Crippen molar-refractivity contribution < 1.29 is 5.11 Å². The third kappa shape index (κ3) is 4.37. The molecule has 1 heterocycles. The number of nitrogens with one attached hydrogen (secondary N) is 1. The zero-order valence-electron chi connectivity index (χ0n) is 9.99. The number of aryl methyl sites for hydroxylation is 1. The summed E-state index contributed by atoms with van der Waals surface area (Å²) in [5, 5.41) is 21.7. The van der Waals surface area contributed by atoms with Gasteiger partial charge in [-0.3, -0.25) is 0 Å². The van der Waals surface area contributed by atoms with E-state index in [2.05, 4.69) is 22.4 Å². The number of likely N-dealkylation sites (N-methyl/N-ethyl adjacent to an activating group) is 1. The molecule has 0 bridgehead atoms. The maximum atomic E-state index is 9.32. The molecule has 0 amide bonds. The maximum Gasteiger partial charge on any atom is 0.174 e. The molecule has 1 aromatic heterocycles. The summed E-state index contributed by atoms with van der Waals surface area (Å²) < 4.78 is 1.01. The quantitative estimate of drug-likeness (QED) is 0.732. The smallest absolute Gasteiger partial charge is 0.174 e. The molecular weight excluding hydrogens is 242 g/mol. The van der Waals surface area contributed by atoms with Crippen LogP contribution in [0.25, 0.3) is 0 Å². The van der Waals surface area contributed by atoms with Gasteiger partial charge in [-0.05, 0) is 26.8 Å². The topological polar surface area (TPSA) is 58.0 Å². The third-order valence-electron chi connectivity index (χ3n) is 2.34. The number of hydrogen-bond donors (Lipinski definition) is 2. The first kappa shape index (κ1) is 13.9. The number of rotatable bonds is 7. The molecule has 1 unspecified atom stereocenters. The second kappa shape index (κ2) is 6.54. The lowest BCUT2D eigenvalue weighted by Gasteiger charge is -2.27. The van der Waals surface area contributed by atoms with Gasteiger partial charge >= 0.3 is 0 Å². The van der Waals surface area contributed by atoms with Gasteiger partial charge in [0.2, 0.25) is 0 Å². The van der Waals surface area contributed by atoms with E-state index in [1.807, 2.05) is 13.8 Å². The second-order valence-corrected chi connectivity index (χ2v) is 6.46. The van der Waals surface area contributed by atoms with E-state index in [4.69, 9.17) is 0 Å². The van der Waals surface area contributed by atoms with Crippen molar-refractivity contribution in [1.82, 2.24) is 15.5 Å². The zero-order chi connectivity index (χ0) is 12.0. The van der Waals surface area contributed by atoms with E-state index in [0.29, 0.717) is 0 Å². The molecule has 0 aliphatic heterocycles. The minimum atomic E-state index is -0.179. The molecule has 0 saturated heterocycles. The first-order chi connectivity index (χ1) is 7.59. The van der Waals surface area contributed by atoms with Crippen LogP contribution in [0.3, 0.4) is 0 Å². The highest BCUT2D eigenvalue weighted by Crippen LogP contribution is 2.24. The van der Waals surface area contributed by atoms with Crippen LogP contribution in [0.1, 0.15) is 25.3 Å². The Balaban J connectivity index is 2.33. The number of aliphatic hydroxyl groups excluding tert-OH is 1. The lowest BCUT2D eigenvalue weighted by atomic mass is 10.0. The van der Waals surface area contributed by atoms with Crippen LogP contribution in [0, 0.1) is 6.92 Å². The first-order valence-electron chi connectivity index (χ1n) is 5.38. The molecule has 1 atom stereocenters. The van der Waals surface area contributed by atoms with Crippen LogP contribution in [0.4, 0.5) is 0 Å². The van der Waals surface area contributed by atoms with Gasteiger partial charge in [0.05, 0.1) is 6.61 Å². The predicted octanol–water partition coefficient (Wildman–Crippen LogP) is 1.69. The Hall–Kier alpha value is -0.170. The van der Waals surface area contributed by atoms with Crippen LogP contribution in [0.15, 0.2) is 4.34 Å². The number of nitrogens with zero attached hydrogens (tertiary/aromatic N) is 2. The van der Waals surface area contributed by atoms with Crippen molar-refractivity contribution in [3.63, 3.8) is 0 Å². The largest absolute Gasteiger partial charge is 0.394 e. The van der Waals surface area contributed by atoms with E-state index in [1.165, 1.54) is 0 Å². The van der Waals surface area contributed by atoms with Gasteiger partial charge in [-0.15, -0.1) is 10.2 Å². The van der Waals surface area contributed by atoms with Crippen molar-refractivity contribution in [3.05, 3.63) is 5.01 Å². The predicted molar refractivity (Wildman–Crippen MR) is 69.2 cm³/mol. The van der Waals surface area contributed by atoms with Gasteiger partial charge in [-0.1, -0.05) is 30.0 Å². The summed E-state index contributed by atoms with van der Waals surface area (Å²) in [6.07, 6.45) is 0.917. The highest BCUT2D eigenvalue weighted by Gasteiger charge is 2.21. The molecule has 16 heavy (non-hydrogen) atoms. The van der Waals surface area contributed by atoms with E-state index < -0.39 is 0 Å². The van der Waals surface area contributed by atoms with Crippen LogP contribution in [-0.2, 0) is 0 Å². The van der Waals surface area contributed by atoms with Crippen LogP contribution in [0.2, 0.25) is 0 Å². The number of hydrogen-bond acceptors (Lipinski definition) is 6. The van der Waals surface area contributed by atoms with Gasteiger partial charge in [0.1, 0.15) is 5.01 Å². The minimum absolute atomic E-state index is 0.163. The molecule has 1 rings (SSSR count). The number of aromatic nitrogens is 2. The molecule has 0 radical (unpaired) electrons. The standard InChI is InChI=1S/C10H19N3OS2/c1-4-11-10(3,7-14)5-6-15-9-13-12-8(2)16-9/h11,14H,4-7H2,1-3H3. The summed E-state index contributed by atoms with van der Waals surface area (Å²) in [6.45, 7) is 7.09. The van der Waals surface area contributed by atoms with Gasteiger partial charge in [0, 0.05) is 11.3 Å². The summed E-state index contributed by atoms with van der Waals surface area (Å²) in [4.78, 5) is 0. The summed E-state index contributed by atoms with van der Waals surface area (Å²) in [5.74, 6) is 0.943. The van der Waals surface area contributed by atoms with E-state index in [-0.39, 0.29) is 12.1 Å². The molecule has 2 N–H and O–H groups in total. The lowest BCUT2D eigenvalue weighted by molar-refractivity contribution is 0.173. The monoisotopic (exact) mass is 261 g/mol. The Morgan fingerprint density at radius 1 is 1.50 bits per heavy atom. The van der Waals surface area contributed by atoms with Gasteiger partial charge < -0.3 is 10.4 Å². The fraction of sp³-hybridized carbons (Fsp3) is 0.800. The van der Waals surface area contributed by atoms with Crippen molar-refractivity contribution in [3.8, 4) is 0 Å². The Labute approximate surface area is 105 Å². The summed E-state index contributed by atoms with van der Waals surface area (Å²) in [7, 11) is 0. The van der Waals surface area contributed by atoms with Gasteiger partial charge in [-0.2, -0.15) is 0 Å². The first-order valence-corrected chi connectivity index (χ1v) is 7.18. The van der Waals surface area contributed by atoms with E-state index >= 15 is 0 Å². The molecule has 0 aliphatic rings.